The zero-order valence-corrected chi connectivity index (χ0v) is 16.9. The van der Waals surface area contributed by atoms with Crippen molar-refractivity contribution < 1.29 is 9.13 Å². The Balaban J connectivity index is 1.93. The van der Waals surface area contributed by atoms with Crippen molar-refractivity contribution in [3.63, 3.8) is 0 Å². The fraction of sp³-hybridized carbons (Fsp3) is 0.263. The molecule has 0 amide bonds. The minimum absolute atomic E-state index is 0.115. The Kier molecular flexibility index (Phi) is 4.86. The van der Waals surface area contributed by atoms with Gasteiger partial charge in [0.25, 0.3) is 5.88 Å². The van der Waals surface area contributed by atoms with Gasteiger partial charge >= 0.3 is 0 Å². The van der Waals surface area contributed by atoms with E-state index in [1.807, 2.05) is 11.4 Å². The van der Waals surface area contributed by atoms with Gasteiger partial charge in [0.05, 0.1) is 29.7 Å². The van der Waals surface area contributed by atoms with E-state index in [9.17, 15) is 9.65 Å². The maximum absolute atomic E-state index is 13.9. The number of halogens is 1. The predicted octanol–water partition coefficient (Wildman–Crippen LogP) is 3.06. The third-order valence-corrected chi connectivity index (χ3v) is 5.58. The van der Waals surface area contributed by atoms with Crippen LogP contribution in [-0.2, 0) is 13.6 Å². The predicted molar refractivity (Wildman–Crippen MR) is 106 cm³/mol. The van der Waals surface area contributed by atoms with E-state index in [2.05, 4.69) is 21.1 Å². The van der Waals surface area contributed by atoms with Crippen LogP contribution in [0.2, 0.25) is 0 Å². The largest absolute Gasteiger partial charge is 0.467 e. The summed E-state index contributed by atoms with van der Waals surface area (Å²) in [5.41, 5.74) is 8.72. The molecule has 148 valence electrons. The monoisotopic (exact) mass is 411 g/mol. The molecule has 1 aliphatic rings. The molecular weight excluding hydrogens is 393 g/mol. The van der Waals surface area contributed by atoms with Crippen LogP contribution in [0.15, 0.2) is 29.3 Å². The molecule has 0 fully saturated rings. The Morgan fingerprint density at radius 1 is 1.38 bits per heavy atom. The highest BCUT2D eigenvalue weighted by molar-refractivity contribution is 7.97. The van der Waals surface area contributed by atoms with Gasteiger partial charge in [-0.05, 0) is 44.1 Å². The molecule has 29 heavy (non-hydrogen) atoms. The Labute approximate surface area is 171 Å². The average molecular weight is 411 g/mol. The highest BCUT2D eigenvalue weighted by Crippen LogP contribution is 2.37. The quantitative estimate of drug-likeness (QED) is 0.563. The van der Waals surface area contributed by atoms with Crippen molar-refractivity contribution in [2.24, 2.45) is 7.05 Å². The molecule has 8 nitrogen and oxygen atoms in total. The smallest absolute Gasteiger partial charge is 0.258 e. The van der Waals surface area contributed by atoms with E-state index in [0.29, 0.717) is 34.8 Å². The summed E-state index contributed by atoms with van der Waals surface area (Å²) in [6.07, 6.45) is 0.984. The van der Waals surface area contributed by atoms with Crippen molar-refractivity contribution in [2.75, 3.05) is 12.8 Å². The molecule has 2 aromatic heterocycles. The molecule has 4 rings (SSSR count). The second kappa shape index (κ2) is 7.35. The number of nitriles is 1. The summed E-state index contributed by atoms with van der Waals surface area (Å²) < 4.78 is 23.4. The topological polar surface area (TPSA) is 106 Å². The van der Waals surface area contributed by atoms with Gasteiger partial charge in [0.1, 0.15) is 23.7 Å². The molecule has 3 heterocycles. The van der Waals surface area contributed by atoms with Crippen molar-refractivity contribution in [2.45, 2.75) is 24.5 Å². The molecule has 1 aromatic carbocycles. The van der Waals surface area contributed by atoms with Crippen molar-refractivity contribution >= 4 is 17.8 Å². The molecule has 0 saturated carbocycles. The number of ether oxygens (including phenoxy) is 1. The molecule has 1 atom stereocenters. The first-order valence-corrected chi connectivity index (χ1v) is 9.58. The van der Waals surface area contributed by atoms with E-state index in [1.54, 1.807) is 20.0 Å². The number of nitrogen functional groups attached to an aromatic ring is 1. The highest BCUT2D eigenvalue weighted by Gasteiger charge is 2.25. The van der Waals surface area contributed by atoms with E-state index in [0.717, 1.165) is 4.90 Å². The minimum Gasteiger partial charge on any atom is -0.467 e. The minimum atomic E-state index is -0.517. The van der Waals surface area contributed by atoms with Crippen LogP contribution < -0.4 is 10.5 Å². The molecule has 0 radical (unpaired) electrons. The van der Waals surface area contributed by atoms with Gasteiger partial charge in [-0.1, -0.05) is 0 Å². The number of anilines is 1. The lowest BCUT2D eigenvalue weighted by molar-refractivity contribution is 0.215. The zero-order valence-electron chi connectivity index (χ0n) is 16.0. The molecular formula is C19H18FN7OS. The number of hydrogen-bond donors (Lipinski definition) is 1. The molecule has 10 heteroatoms. The number of hydrogen-bond acceptors (Lipinski definition) is 8. The standard InChI is InChI=1S/C19H18FN7OS/c1-10-12-6-11(20)4-5-16(12)29-26(2)9-14-17(15(7-21)27(3)25-14)13-8-23-18(22)19(24-13)28-10/h4-6,8,10H,9H2,1-3H3,(H2,22,23)/t10-/m1/s1. The summed E-state index contributed by atoms with van der Waals surface area (Å²) in [7, 11) is 3.61. The van der Waals surface area contributed by atoms with Gasteiger partial charge in [-0.3, -0.25) is 4.68 Å². The van der Waals surface area contributed by atoms with Gasteiger partial charge < -0.3 is 10.5 Å². The molecule has 1 aliphatic heterocycles. The third-order valence-electron chi connectivity index (χ3n) is 4.57. The van der Waals surface area contributed by atoms with Gasteiger partial charge in [-0.15, -0.1) is 0 Å². The number of aryl methyl sites for hydroxylation is 1. The van der Waals surface area contributed by atoms with Crippen LogP contribution >= 0.6 is 11.9 Å². The zero-order chi connectivity index (χ0) is 20.7. The van der Waals surface area contributed by atoms with Crippen LogP contribution in [0.1, 0.15) is 30.0 Å². The van der Waals surface area contributed by atoms with Crippen molar-refractivity contribution in [3.05, 3.63) is 47.2 Å². The van der Waals surface area contributed by atoms with E-state index in [1.165, 1.54) is 35.0 Å². The molecule has 0 unspecified atom stereocenters. The Morgan fingerprint density at radius 3 is 2.93 bits per heavy atom. The summed E-state index contributed by atoms with van der Waals surface area (Å²) in [6, 6.07) is 6.74. The molecule has 3 aromatic rings. The van der Waals surface area contributed by atoms with Crippen molar-refractivity contribution in [1.29, 1.82) is 5.26 Å². The van der Waals surface area contributed by atoms with Crippen LogP contribution in [0.25, 0.3) is 11.3 Å². The lowest BCUT2D eigenvalue weighted by atomic mass is 10.1. The van der Waals surface area contributed by atoms with Crippen LogP contribution in [0.5, 0.6) is 5.88 Å². The van der Waals surface area contributed by atoms with E-state index < -0.39 is 6.10 Å². The van der Waals surface area contributed by atoms with Crippen molar-refractivity contribution in [3.8, 4) is 23.2 Å². The van der Waals surface area contributed by atoms with Gasteiger partial charge in [0, 0.05) is 17.5 Å². The second-order valence-corrected chi connectivity index (χ2v) is 7.92. The van der Waals surface area contributed by atoms with Gasteiger partial charge in [0.2, 0.25) is 0 Å². The number of benzene rings is 1. The molecule has 0 aliphatic carbocycles. The number of nitrogens with zero attached hydrogens (tertiary/aromatic N) is 6. The number of rotatable bonds is 0. The Bertz CT molecular complexity index is 1140. The van der Waals surface area contributed by atoms with Crippen LogP contribution in [0.3, 0.4) is 0 Å². The van der Waals surface area contributed by atoms with Crippen LogP contribution in [0, 0.1) is 17.1 Å². The molecule has 2 bridgehead atoms. The summed E-state index contributed by atoms with van der Waals surface area (Å²) in [4.78, 5) is 9.53. The summed E-state index contributed by atoms with van der Waals surface area (Å²) in [5.74, 6) is -0.111. The van der Waals surface area contributed by atoms with Gasteiger partial charge in [-0.2, -0.15) is 10.4 Å². The number of aromatic nitrogens is 4. The van der Waals surface area contributed by atoms with Gasteiger partial charge in [-0.25, -0.2) is 18.7 Å². The fourth-order valence-corrected chi connectivity index (χ4v) is 4.22. The lowest BCUT2D eigenvalue weighted by Gasteiger charge is -2.22. The average Bonchev–Trinajstić information content (AvgIpc) is 2.98. The lowest BCUT2D eigenvalue weighted by Crippen LogP contribution is -2.14. The summed E-state index contributed by atoms with van der Waals surface area (Å²) >= 11 is 1.45. The summed E-state index contributed by atoms with van der Waals surface area (Å²) in [5, 5.41) is 14.1. The molecule has 2 N–H and O–H groups in total. The van der Waals surface area contributed by atoms with Crippen LogP contribution in [-0.4, -0.2) is 31.1 Å². The third kappa shape index (κ3) is 3.50. The summed E-state index contributed by atoms with van der Waals surface area (Å²) in [6.45, 7) is 2.23. The van der Waals surface area contributed by atoms with Gasteiger partial charge in [0.15, 0.2) is 5.82 Å². The first kappa shape index (κ1) is 19.2. The number of fused-ring (bicyclic) bond motifs is 5. The van der Waals surface area contributed by atoms with E-state index >= 15 is 0 Å². The molecule has 0 saturated heterocycles. The first-order chi connectivity index (χ1) is 13.9. The van der Waals surface area contributed by atoms with E-state index in [-0.39, 0.29) is 17.5 Å². The second-order valence-electron chi connectivity index (χ2n) is 6.67. The van der Waals surface area contributed by atoms with Crippen molar-refractivity contribution in [1.82, 2.24) is 24.1 Å². The first-order valence-electron chi connectivity index (χ1n) is 8.81. The number of nitrogens with two attached hydrogens (primary N) is 1. The highest BCUT2D eigenvalue weighted by atomic mass is 32.2. The SMILES string of the molecule is C[C@H]1Oc2nc(cnc2N)-c2c(nn(C)c2C#N)CN(C)Sc2ccc(F)cc21. The maximum Gasteiger partial charge on any atom is 0.258 e. The van der Waals surface area contributed by atoms with E-state index in [4.69, 9.17) is 10.5 Å². The maximum atomic E-state index is 13.9. The molecule has 0 spiro atoms. The Morgan fingerprint density at radius 2 is 2.17 bits per heavy atom. The normalized spacial score (nSPS) is 16.6. The van der Waals surface area contributed by atoms with Crippen LogP contribution in [0.4, 0.5) is 10.2 Å². The Hall–Kier alpha value is -3.16. The fourth-order valence-electron chi connectivity index (χ4n) is 3.24.